The highest BCUT2D eigenvalue weighted by atomic mass is 31.2. The molecule has 0 saturated carbocycles. The van der Waals surface area contributed by atoms with E-state index in [1.165, 1.54) is 0 Å². The molecule has 0 radical (unpaired) electrons. The van der Waals surface area contributed by atoms with Crippen molar-refractivity contribution in [2.24, 2.45) is 0 Å². The van der Waals surface area contributed by atoms with Gasteiger partial charge in [0.1, 0.15) is 12.2 Å². The number of nitrogens with one attached hydrogen (secondary N) is 1. The number of aliphatic hydroxyl groups is 2. The molecule has 0 unspecified atom stereocenters. The first kappa shape index (κ1) is 18.5. The summed E-state index contributed by atoms with van der Waals surface area (Å²) in [7, 11) is -4.95. The summed E-state index contributed by atoms with van der Waals surface area (Å²) in [5.74, 6) is -1.96. The molecule has 1 fully saturated rings. The van der Waals surface area contributed by atoms with E-state index in [4.69, 9.17) is 14.5 Å². The van der Waals surface area contributed by atoms with E-state index in [1.807, 2.05) is 4.98 Å². The lowest BCUT2D eigenvalue weighted by molar-refractivity contribution is -0.179. The molecule has 4 atom stereocenters. The Hall–Kier alpha value is -1.86. The molecule has 0 spiro atoms. The molecule has 13 nitrogen and oxygen atoms in total. The van der Waals surface area contributed by atoms with E-state index in [0.717, 1.165) is 12.3 Å². The molecular formula is C10H13N2O11P. The minimum absolute atomic E-state index is 0.510. The second-order valence-electron chi connectivity index (χ2n) is 4.91. The first-order valence-electron chi connectivity index (χ1n) is 6.27. The third-order valence-electron chi connectivity index (χ3n) is 3.34. The van der Waals surface area contributed by atoms with Crippen molar-refractivity contribution in [2.75, 3.05) is 6.61 Å². The number of carboxylic acids is 1. The van der Waals surface area contributed by atoms with Crippen molar-refractivity contribution in [2.45, 2.75) is 24.0 Å². The molecule has 24 heavy (non-hydrogen) atoms. The number of hydrogen-bond donors (Lipinski definition) is 6. The third-order valence-corrected chi connectivity index (χ3v) is 3.82. The summed E-state index contributed by atoms with van der Waals surface area (Å²) in [6.07, 6.45) is -5.02. The van der Waals surface area contributed by atoms with Gasteiger partial charge in [-0.25, -0.2) is 14.2 Å². The average Bonchev–Trinajstić information content (AvgIpc) is 2.70. The first-order valence-corrected chi connectivity index (χ1v) is 7.80. The number of aromatic nitrogens is 2. The molecule has 0 aliphatic carbocycles. The fourth-order valence-corrected chi connectivity index (χ4v) is 2.54. The Balaban J connectivity index is 2.42. The Morgan fingerprint density at radius 2 is 2.08 bits per heavy atom. The number of hydrogen-bond acceptors (Lipinski definition) is 8. The van der Waals surface area contributed by atoms with Crippen molar-refractivity contribution in [1.82, 2.24) is 9.55 Å². The van der Waals surface area contributed by atoms with Crippen LogP contribution in [0.15, 0.2) is 21.9 Å². The summed E-state index contributed by atoms with van der Waals surface area (Å²) in [5.41, 5.74) is -4.96. The monoisotopic (exact) mass is 368 g/mol. The highest BCUT2D eigenvalue weighted by molar-refractivity contribution is 7.46. The molecule has 2 rings (SSSR count). The number of phosphoric acid groups is 1. The minimum Gasteiger partial charge on any atom is -0.479 e. The Labute approximate surface area is 131 Å². The van der Waals surface area contributed by atoms with Crippen LogP contribution < -0.4 is 11.2 Å². The van der Waals surface area contributed by atoms with E-state index in [9.17, 15) is 34.3 Å². The number of phosphoric ester groups is 1. The average molecular weight is 368 g/mol. The van der Waals surface area contributed by atoms with Gasteiger partial charge in [-0.1, -0.05) is 0 Å². The maximum Gasteiger partial charge on any atom is 0.469 e. The summed E-state index contributed by atoms with van der Waals surface area (Å²) in [5, 5.41) is 29.4. The number of ether oxygens (including phenoxy) is 1. The molecule has 1 saturated heterocycles. The predicted molar refractivity (Wildman–Crippen MR) is 71.8 cm³/mol. The Kier molecular flexibility index (Phi) is 4.79. The number of nitrogens with zero attached hydrogens (tertiary/aromatic N) is 1. The Bertz CT molecular complexity index is 796. The van der Waals surface area contributed by atoms with E-state index in [0.29, 0.717) is 4.57 Å². The van der Waals surface area contributed by atoms with Crippen LogP contribution in [0.5, 0.6) is 0 Å². The van der Waals surface area contributed by atoms with Gasteiger partial charge in [-0.05, 0) is 0 Å². The molecule has 14 heteroatoms. The zero-order valence-electron chi connectivity index (χ0n) is 11.7. The third kappa shape index (κ3) is 3.32. The van der Waals surface area contributed by atoms with Crippen molar-refractivity contribution in [3.05, 3.63) is 33.1 Å². The van der Waals surface area contributed by atoms with Crippen molar-refractivity contribution < 1.29 is 43.7 Å². The van der Waals surface area contributed by atoms with Gasteiger partial charge < -0.3 is 29.8 Å². The van der Waals surface area contributed by atoms with Crippen molar-refractivity contribution in [1.29, 1.82) is 0 Å². The molecule has 134 valence electrons. The standard InChI is InChI=1S/C10H13N2O11P/c13-5-1-2-12(9(17)11-5)7-10(18,8(15)16)6(14)4(23-7)3-22-24(19,20)21/h1-2,4,6-7,14,18H,3H2,(H,15,16)(H,11,13,17)(H2,19,20,21)/t4-,6-,7-,10-/m1/s1. The van der Waals surface area contributed by atoms with E-state index in [1.54, 1.807) is 0 Å². The van der Waals surface area contributed by atoms with Crippen LogP contribution in [0.4, 0.5) is 0 Å². The van der Waals surface area contributed by atoms with Crippen LogP contribution >= 0.6 is 7.82 Å². The number of aliphatic carboxylic acids is 1. The topological polar surface area (TPSA) is 209 Å². The van der Waals surface area contributed by atoms with Gasteiger partial charge in [0.25, 0.3) is 5.56 Å². The molecule has 1 aliphatic rings. The van der Waals surface area contributed by atoms with E-state index >= 15 is 0 Å². The lowest BCUT2D eigenvalue weighted by Gasteiger charge is -2.27. The highest BCUT2D eigenvalue weighted by Gasteiger charge is 2.62. The number of rotatable bonds is 5. The lowest BCUT2D eigenvalue weighted by Crippen LogP contribution is -2.54. The largest absolute Gasteiger partial charge is 0.479 e. The van der Waals surface area contributed by atoms with Crippen LogP contribution in [0.2, 0.25) is 0 Å². The summed E-state index contributed by atoms with van der Waals surface area (Å²) in [6.45, 7) is -0.963. The summed E-state index contributed by atoms with van der Waals surface area (Å²) < 4.78 is 20.4. The molecule has 1 aliphatic heterocycles. The van der Waals surface area contributed by atoms with Gasteiger partial charge >= 0.3 is 19.5 Å². The fraction of sp³-hybridized carbons (Fsp3) is 0.500. The maximum atomic E-state index is 11.8. The highest BCUT2D eigenvalue weighted by Crippen LogP contribution is 2.41. The van der Waals surface area contributed by atoms with Gasteiger partial charge in [0.05, 0.1) is 6.61 Å². The quantitative estimate of drug-likeness (QED) is 0.284. The Morgan fingerprint density at radius 1 is 1.46 bits per heavy atom. The number of carboxylic acid groups (broad SMARTS) is 1. The zero-order valence-corrected chi connectivity index (χ0v) is 12.6. The maximum absolute atomic E-state index is 11.8. The van der Waals surface area contributed by atoms with Crippen LogP contribution in [-0.4, -0.2) is 65.0 Å². The second-order valence-corrected chi connectivity index (χ2v) is 6.15. The van der Waals surface area contributed by atoms with Crippen LogP contribution in [0, 0.1) is 0 Å². The van der Waals surface area contributed by atoms with Gasteiger partial charge in [0, 0.05) is 12.3 Å². The van der Waals surface area contributed by atoms with Crippen molar-refractivity contribution in [3.8, 4) is 0 Å². The molecule has 0 amide bonds. The van der Waals surface area contributed by atoms with Crippen molar-refractivity contribution >= 4 is 13.8 Å². The van der Waals surface area contributed by atoms with Crippen LogP contribution in [-0.2, 0) is 18.6 Å². The summed E-state index contributed by atoms with van der Waals surface area (Å²) >= 11 is 0. The SMILES string of the molecule is O=C(O)[C@@]1(O)[C@H](O)[C@@H](COP(=O)(O)O)O[C@H]1n1ccc(=O)[nH]c1=O. The molecule has 0 bridgehead atoms. The molecule has 0 aromatic carbocycles. The molecular weight excluding hydrogens is 355 g/mol. The summed E-state index contributed by atoms with van der Waals surface area (Å²) in [6, 6.07) is 0.846. The normalized spacial score (nSPS) is 30.4. The van der Waals surface area contributed by atoms with Gasteiger partial charge in [0.15, 0.2) is 6.23 Å². The lowest BCUT2D eigenvalue weighted by atomic mass is 9.94. The summed E-state index contributed by atoms with van der Waals surface area (Å²) in [4.78, 5) is 53.3. The van der Waals surface area contributed by atoms with Crippen molar-refractivity contribution in [3.63, 3.8) is 0 Å². The molecule has 2 heterocycles. The van der Waals surface area contributed by atoms with Gasteiger partial charge in [-0.15, -0.1) is 0 Å². The predicted octanol–water partition coefficient (Wildman–Crippen LogP) is -3.28. The van der Waals surface area contributed by atoms with Crippen LogP contribution in [0.3, 0.4) is 0 Å². The first-order chi connectivity index (χ1) is 11.0. The van der Waals surface area contributed by atoms with Gasteiger partial charge in [-0.2, -0.15) is 0 Å². The molecule has 1 aromatic rings. The van der Waals surface area contributed by atoms with E-state index in [-0.39, 0.29) is 0 Å². The number of carbonyl (C=O) groups is 1. The van der Waals surface area contributed by atoms with E-state index in [2.05, 4.69) is 4.52 Å². The van der Waals surface area contributed by atoms with Crippen LogP contribution in [0.1, 0.15) is 6.23 Å². The number of aromatic amines is 1. The zero-order chi connectivity index (χ0) is 18.3. The number of aliphatic hydroxyl groups excluding tert-OH is 1. The second kappa shape index (κ2) is 6.22. The molecule has 6 N–H and O–H groups in total. The van der Waals surface area contributed by atoms with Gasteiger partial charge in [-0.3, -0.25) is 18.9 Å². The smallest absolute Gasteiger partial charge is 0.469 e. The number of H-pyrrole nitrogens is 1. The minimum atomic E-state index is -4.95. The fourth-order valence-electron chi connectivity index (χ4n) is 2.20. The van der Waals surface area contributed by atoms with E-state index < -0.39 is 55.7 Å². The van der Waals surface area contributed by atoms with Crippen LogP contribution in [0.25, 0.3) is 0 Å². The molecule has 1 aromatic heterocycles. The Morgan fingerprint density at radius 3 is 2.58 bits per heavy atom. The van der Waals surface area contributed by atoms with Gasteiger partial charge in [0.2, 0.25) is 5.60 Å².